The molecule has 104 valence electrons. The molecule has 0 spiro atoms. The van der Waals surface area contributed by atoms with Crippen molar-refractivity contribution in [3.05, 3.63) is 35.1 Å². The van der Waals surface area contributed by atoms with Crippen LogP contribution >= 0.6 is 7.60 Å². The molecular formula is C13H17O5P. The first-order valence-electron chi connectivity index (χ1n) is 5.55. The fourth-order valence-corrected chi connectivity index (χ4v) is 2.74. The van der Waals surface area contributed by atoms with E-state index in [-0.39, 0.29) is 11.1 Å². The molecule has 0 atom stereocenters. The lowest BCUT2D eigenvalue weighted by Crippen LogP contribution is -2.01. The number of ketones is 1. The van der Waals surface area contributed by atoms with Crippen LogP contribution in [0.3, 0.4) is 0 Å². The largest absolute Gasteiger partial charge is 0.497 e. The van der Waals surface area contributed by atoms with Gasteiger partial charge in [-0.1, -0.05) is 12.1 Å². The Morgan fingerprint density at radius 2 is 1.63 bits per heavy atom. The highest BCUT2D eigenvalue weighted by Gasteiger charge is 2.30. The predicted molar refractivity (Wildman–Crippen MR) is 73.3 cm³/mol. The second kappa shape index (κ2) is 6.66. The van der Waals surface area contributed by atoms with Crippen LogP contribution in [0.4, 0.5) is 0 Å². The van der Waals surface area contributed by atoms with E-state index in [2.05, 4.69) is 0 Å². The highest BCUT2D eigenvalue weighted by molar-refractivity contribution is 7.60. The average Bonchev–Trinajstić information content (AvgIpc) is 2.44. The van der Waals surface area contributed by atoms with Crippen molar-refractivity contribution in [2.45, 2.75) is 6.92 Å². The molecule has 6 heteroatoms. The van der Waals surface area contributed by atoms with Gasteiger partial charge in [0.25, 0.3) is 0 Å². The number of methoxy groups -OCH3 is 1. The second-order valence-corrected chi connectivity index (χ2v) is 5.93. The molecule has 19 heavy (non-hydrogen) atoms. The Bertz CT molecular complexity index is 510. The lowest BCUT2D eigenvalue weighted by molar-refractivity contribution is -0.113. The number of carbonyl (C=O) groups is 1. The van der Waals surface area contributed by atoms with E-state index in [4.69, 9.17) is 13.8 Å². The Balaban J connectivity index is 3.21. The molecule has 0 bridgehead atoms. The quantitative estimate of drug-likeness (QED) is 0.593. The van der Waals surface area contributed by atoms with E-state index >= 15 is 0 Å². The van der Waals surface area contributed by atoms with Gasteiger partial charge in [-0.05, 0) is 30.7 Å². The normalized spacial score (nSPS) is 12.3. The van der Waals surface area contributed by atoms with Gasteiger partial charge in [0, 0.05) is 14.2 Å². The van der Waals surface area contributed by atoms with E-state index in [1.165, 1.54) is 27.2 Å². The summed E-state index contributed by atoms with van der Waals surface area (Å²) in [5.41, 5.74) is 0.709. The molecule has 0 saturated carbocycles. The Kier molecular flexibility index (Phi) is 5.48. The summed E-state index contributed by atoms with van der Waals surface area (Å²) in [4.78, 5) is 11.6. The SMILES string of the molecule is COc1ccc(/C=C(\C(C)=O)P(=O)(OC)OC)cc1. The zero-order valence-electron chi connectivity index (χ0n) is 11.4. The molecule has 1 aromatic rings. The third-order valence-electron chi connectivity index (χ3n) is 2.56. The molecule has 0 aromatic heterocycles. The van der Waals surface area contributed by atoms with E-state index in [0.29, 0.717) is 11.3 Å². The van der Waals surface area contributed by atoms with Gasteiger partial charge in [0.1, 0.15) is 11.1 Å². The third kappa shape index (κ3) is 3.77. The zero-order chi connectivity index (χ0) is 14.5. The van der Waals surface area contributed by atoms with Crippen LogP contribution in [0.2, 0.25) is 0 Å². The number of ether oxygens (including phenoxy) is 1. The maximum atomic E-state index is 12.3. The van der Waals surface area contributed by atoms with Crippen molar-refractivity contribution in [1.29, 1.82) is 0 Å². The second-order valence-electron chi connectivity index (χ2n) is 3.72. The summed E-state index contributed by atoms with van der Waals surface area (Å²) in [6.07, 6.45) is 1.50. The van der Waals surface area contributed by atoms with Crippen LogP contribution in [-0.2, 0) is 18.4 Å². The van der Waals surface area contributed by atoms with E-state index in [0.717, 1.165) is 0 Å². The van der Waals surface area contributed by atoms with Crippen LogP contribution in [-0.4, -0.2) is 27.1 Å². The number of Topliss-reactive ketones (excluding diaryl/α,β-unsaturated/α-hetero) is 1. The minimum atomic E-state index is -3.55. The molecule has 0 heterocycles. The molecule has 1 rings (SSSR count). The van der Waals surface area contributed by atoms with Gasteiger partial charge in [0.05, 0.1) is 7.11 Å². The monoisotopic (exact) mass is 284 g/mol. The third-order valence-corrected chi connectivity index (χ3v) is 4.55. The van der Waals surface area contributed by atoms with Gasteiger partial charge in [-0.25, -0.2) is 0 Å². The number of hydrogen-bond acceptors (Lipinski definition) is 5. The number of carbonyl (C=O) groups excluding carboxylic acids is 1. The van der Waals surface area contributed by atoms with Crippen molar-refractivity contribution in [2.75, 3.05) is 21.3 Å². The summed E-state index contributed by atoms with van der Waals surface area (Å²) in [5, 5.41) is 0.0164. The molecule has 0 aliphatic heterocycles. The van der Waals surface area contributed by atoms with Crippen molar-refractivity contribution in [3.8, 4) is 5.75 Å². The lowest BCUT2D eigenvalue weighted by atomic mass is 10.2. The maximum Gasteiger partial charge on any atom is 0.364 e. The van der Waals surface area contributed by atoms with Crippen molar-refractivity contribution in [2.24, 2.45) is 0 Å². The van der Waals surface area contributed by atoms with Gasteiger partial charge in [0.15, 0.2) is 5.78 Å². The highest BCUT2D eigenvalue weighted by Crippen LogP contribution is 2.55. The number of rotatable bonds is 6. The van der Waals surface area contributed by atoms with E-state index in [9.17, 15) is 9.36 Å². The molecule has 0 unspecified atom stereocenters. The van der Waals surface area contributed by atoms with E-state index in [1.807, 2.05) is 0 Å². The van der Waals surface area contributed by atoms with Crippen molar-refractivity contribution < 1.29 is 23.1 Å². The Morgan fingerprint density at radius 1 is 1.11 bits per heavy atom. The molecule has 0 radical (unpaired) electrons. The highest BCUT2D eigenvalue weighted by atomic mass is 31.2. The van der Waals surface area contributed by atoms with Crippen LogP contribution in [0, 0.1) is 0 Å². The molecule has 0 aliphatic carbocycles. The summed E-state index contributed by atoms with van der Waals surface area (Å²) in [7, 11) is 0.504. The Labute approximate surface area is 112 Å². The summed E-state index contributed by atoms with van der Waals surface area (Å²) in [6.45, 7) is 1.32. The summed E-state index contributed by atoms with van der Waals surface area (Å²) >= 11 is 0. The molecule has 0 saturated heterocycles. The van der Waals surface area contributed by atoms with Gasteiger partial charge < -0.3 is 13.8 Å². The first kappa shape index (κ1) is 15.6. The maximum absolute atomic E-state index is 12.3. The smallest absolute Gasteiger partial charge is 0.364 e. The van der Waals surface area contributed by atoms with Crippen LogP contribution in [0.15, 0.2) is 29.6 Å². The van der Waals surface area contributed by atoms with Crippen molar-refractivity contribution in [1.82, 2.24) is 0 Å². The van der Waals surface area contributed by atoms with Crippen LogP contribution in [0.25, 0.3) is 6.08 Å². The van der Waals surface area contributed by atoms with Crippen LogP contribution in [0.5, 0.6) is 5.75 Å². The molecule has 1 aromatic carbocycles. The summed E-state index contributed by atoms with van der Waals surface area (Å²) in [6, 6.07) is 6.98. The van der Waals surface area contributed by atoms with E-state index < -0.39 is 7.60 Å². The summed E-state index contributed by atoms with van der Waals surface area (Å²) < 4.78 is 27.0. The average molecular weight is 284 g/mol. The standard InChI is InChI=1S/C13H17O5P/c1-10(14)13(19(15,17-3)18-4)9-11-5-7-12(16-2)8-6-11/h5-9H,1-4H3/b13-9+. The Morgan fingerprint density at radius 3 is 2.00 bits per heavy atom. The van der Waals surface area contributed by atoms with Gasteiger partial charge in [-0.3, -0.25) is 9.36 Å². The minimum Gasteiger partial charge on any atom is -0.497 e. The fourth-order valence-electron chi connectivity index (χ4n) is 1.50. The number of benzene rings is 1. The van der Waals surface area contributed by atoms with Gasteiger partial charge in [-0.15, -0.1) is 0 Å². The summed E-state index contributed by atoms with van der Waals surface area (Å²) in [5.74, 6) is 0.339. The van der Waals surface area contributed by atoms with Gasteiger partial charge in [-0.2, -0.15) is 0 Å². The molecule has 0 N–H and O–H groups in total. The molecular weight excluding hydrogens is 267 g/mol. The molecule has 5 nitrogen and oxygen atoms in total. The predicted octanol–water partition coefficient (Wildman–Crippen LogP) is 3.11. The zero-order valence-corrected chi connectivity index (χ0v) is 12.3. The minimum absolute atomic E-state index is 0.0164. The molecule has 0 aliphatic rings. The topological polar surface area (TPSA) is 61.8 Å². The van der Waals surface area contributed by atoms with Gasteiger partial charge in [0.2, 0.25) is 0 Å². The molecule has 0 fully saturated rings. The fraction of sp³-hybridized carbons (Fsp3) is 0.308. The van der Waals surface area contributed by atoms with E-state index in [1.54, 1.807) is 31.4 Å². The van der Waals surface area contributed by atoms with Gasteiger partial charge >= 0.3 is 7.60 Å². The van der Waals surface area contributed by atoms with Crippen LogP contribution in [0.1, 0.15) is 12.5 Å². The van der Waals surface area contributed by atoms with Crippen molar-refractivity contribution >= 4 is 19.5 Å². The number of allylic oxidation sites excluding steroid dienone is 1. The first-order chi connectivity index (χ1) is 8.96. The molecule has 0 amide bonds. The van der Waals surface area contributed by atoms with Crippen LogP contribution < -0.4 is 4.74 Å². The van der Waals surface area contributed by atoms with Crippen molar-refractivity contribution in [3.63, 3.8) is 0 Å². The lowest BCUT2D eigenvalue weighted by Gasteiger charge is -2.15. The number of hydrogen-bond donors (Lipinski definition) is 0. The first-order valence-corrected chi connectivity index (χ1v) is 7.10. The Hall–Kier alpha value is -1.42.